The maximum absolute atomic E-state index is 13.5. The summed E-state index contributed by atoms with van der Waals surface area (Å²) in [7, 11) is 0. The van der Waals surface area contributed by atoms with Gasteiger partial charge in [-0.1, -0.05) is 12.1 Å². The lowest BCUT2D eigenvalue weighted by molar-refractivity contribution is 0.103. The quantitative estimate of drug-likeness (QED) is 0.271. The number of H-pyrrole nitrogens is 2. The number of rotatable bonds is 5. The molecule has 0 saturated carbocycles. The number of allylic oxidation sites excluding steroid dienone is 2. The Morgan fingerprint density at radius 3 is 2.74 bits per heavy atom. The standard InChI is InChI=1S/C30H27N7O/c1-16-15-36-17(2)4-9-28(36)22(16)10-19-5-6-20-12-27(35-25(20)11-19)29(38)23-14-32-37(30(23)31)21-7-8-24-26(13-21)34-18(3)33-24/h4-9,11-14,35H,10,15,31H2,1-3H3,(H,33,34). The molecule has 6 aromatic rings. The molecule has 0 amide bonds. The summed E-state index contributed by atoms with van der Waals surface area (Å²) >= 11 is 0. The number of hydrogen-bond donors (Lipinski definition) is 3. The number of nitrogen functional groups attached to an aromatic ring is 1. The summed E-state index contributed by atoms with van der Waals surface area (Å²) in [6, 6.07) is 18.4. The molecule has 188 valence electrons. The van der Waals surface area contributed by atoms with Gasteiger partial charge >= 0.3 is 0 Å². The number of ketones is 1. The van der Waals surface area contributed by atoms with E-state index in [2.05, 4.69) is 68.8 Å². The summed E-state index contributed by atoms with van der Waals surface area (Å²) in [4.78, 5) is 24.4. The molecule has 4 aromatic heterocycles. The summed E-state index contributed by atoms with van der Waals surface area (Å²) in [6.45, 7) is 7.23. The molecule has 0 unspecified atom stereocenters. The van der Waals surface area contributed by atoms with E-state index in [-0.39, 0.29) is 5.78 Å². The van der Waals surface area contributed by atoms with Crippen molar-refractivity contribution in [3.8, 4) is 5.69 Å². The van der Waals surface area contributed by atoms with Crippen molar-refractivity contribution < 1.29 is 4.79 Å². The molecule has 38 heavy (non-hydrogen) atoms. The topological polar surface area (TPSA) is 110 Å². The fourth-order valence-electron chi connectivity index (χ4n) is 5.59. The van der Waals surface area contributed by atoms with E-state index in [0.29, 0.717) is 17.1 Å². The van der Waals surface area contributed by atoms with Crippen molar-refractivity contribution in [1.82, 2.24) is 29.3 Å². The van der Waals surface area contributed by atoms with Gasteiger partial charge in [0.2, 0.25) is 5.78 Å². The number of nitrogens with zero attached hydrogens (tertiary/aromatic N) is 4. The monoisotopic (exact) mass is 501 g/mol. The minimum Gasteiger partial charge on any atom is -0.383 e. The number of carbonyl (C=O) groups excluding carboxylic acids is 1. The molecule has 1 aliphatic rings. The Morgan fingerprint density at radius 2 is 1.87 bits per heavy atom. The number of aromatic amines is 2. The van der Waals surface area contributed by atoms with Gasteiger partial charge in [-0.05, 0) is 86.4 Å². The van der Waals surface area contributed by atoms with Crippen LogP contribution in [0.4, 0.5) is 5.82 Å². The predicted octanol–water partition coefficient (Wildman–Crippen LogP) is 5.49. The van der Waals surface area contributed by atoms with Crippen molar-refractivity contribution >= 4 is 39.1 Å². The van der Waals surface area contributed by atoms with Crippen LogP contribution in [0.2, 0.25) is 0 Å². The van der Waals surface area contributed by atoms with Crippen LogP contribution in [-0.2, 0) is 13.0 Å². The van der Waals surface area contributed by atoms with E-state index in [1.54, 1.807) is 4.68 Å². The van der Waals surface area contributed by atoms with Gasteiger partial charge < -0.3 is 20.3 Å². The number of imidazole rings is 1. The fraction of sp³-hybridized carbons (Fsp3) is 0.167. The first-order chi connectivity index (χ1) is 18.4. The molecule has 0 aliphatic carbocycles. The first kappa shape index (κ1) is 22.4. The number of benzene rings is 2. The number of nitrogens with two attached hydrogens (primary N) is 1. The predicted molar refractivity (Wildman–Crippen MR) is 150 cm³/mol. The van der Waals surface area contributed by atoms with Gasteiger partial charge in [0.1, 0.15) is 11.6 Å². The minimum absolute atomic E-state index is 0.187. The molecule has 0 fully saturated rings. The smallest absolute Gasteiger partial charge is 0.214 e. The number of aromatic nitrogens is 6. The molecule has 0 radical (unpaired) electrons. The summed E-state index contributed by atoms with van der Waals surface area (Å²) in [5.41, 5.74) is 17.3. The zero-order chi connectivity index (χ0) is 26.1. The number of fused-ring (bicyclic) bond motifs is 3. The van der Waals surface area contributed by atoms with E-state index in [9.17, 15) is 4.79 Å². The molecular formula is C30H27N7O. The van der Waals surface area contributed by atoms with E-state index >= 15 is 0 Å². The summed E-state index contributed by atoms with van der Waals surface area (Å²) in [6.07, 6.45) is 2.39. The van der Waals surface area contributed by atoms with E-state index in [1.807, 2.05) is 31.2 Å². The summed E-state index contributed by atoms with van der Waals surface area (Å²) < 4.78 is 3.95. The first-order valence-corrected chi connectivity index (χ1v) is 12.7. The van der Waals surface area contributed by atoms with Crippen LogP contribution in [-0.4, -0.2) is 35.1 Å². The maximum Gasteiger partial charge on any atom is 0.214 e. The van der Waals surface area contributed by atoms with Gasteiger partial charge in [0.15, 0.2) is 0 Å². The molecule has 8 heteroatoms. The summed E-state index contributed by atoms with van der Waals surface area (Å²) in [5, 5.41) is 5.40. The molecule has 0 spiro atoms. The van der Waals surface area contributed by atoms with Crippen LogP contribution >= 0.6 is 0 Å². The third-order valence-corrected chi connectivity index (χ3v) is 7.61. The van der Waals surface area contributed by atoms with Gasteiger partial charge in [0.05, 0.1) is 34.2 Å². The van der Waals surface area contributed by atoms with E-state index < -0.39 is 0 Å². The van der Waals surface area contributed by atoms with Crippen LogP contribution in [0.15, 0.2) is 66.4 Å². The zero-order valence-electron chi connectivity index (χ0n) is 21.5. The highest BCUT2D eigenvalue weighted by Gasteiger charge is 2.22. The van der Waals surface area contributed by atoms with Gasteiger partial charge in [0, 0.05) is 28.8 Å². The molecule has 2 aromatic carbocycles. The van der Waals surface area contributed by atoms with Crippen molar-refractivity contribution in [2.24, 2.45) is 0 Å². The lowest BCUT2D eigenvalue weighted by Crippen LogP contribution is -2.07. The molecule has 0 bridgehead atoms. The fourth-order valence-corrected chi connectivity index (χ4v) is 5.59. The lowest BCUT2D eigenvalue weighted by Gasteiger charge is -2.06. The molecule has 0 saturated heterocycles. The Hall–Kier alpha value is -4.85. The highest BCUT2D eigenvalue weighted by Crippen LogP contribution is 2.33. The van der Waals surface area contributed by atoms with Crippen LogP contribution in [0.1, 0.15) is 45.8 Å². The van der Waals surface area contributed by atoms with E-state index in [0.717, 1.165) is 46.4 Å². The molecule has 1 aliphatic heterocycles. The van der Waals surface area contributed by atoms with Gasteiger partial charge in [0.25, 0.3) is 0 Å². The number of hydrogen-bond acceptors (Lipinski definition) is 4. The van der Waals surface area contributed by atoms with Gasteiger partial charge in [-0.2, -0.15) is 5.10 Å². The van der Waals surface area contributed by atoms with Crippen LogP contribution < -0.4 is 5.73 Å². The third-order valence-electron chi connectivity index (χ3n) is 7.61. The first-order valence-electron chi connectivity index (χ1n) is 12.7. The van der Waals surface area contributed by atoms with Gasteiger partial charge in [-0.3, -0.25) is 4.79 Å². The molecular weight excluding hydrogens is 474 g/mol. The summed E-state index contributed by atoms with van der Waals surface area (Å²) in [5.74, 6) is 0.947. The number of anilines is 1. The Labute approximate surface area is 218 Å². The number of aryl methyl sites for hydroxylation is 2. The molecule has 8 nitrogen and oxygen atoms in total. The Bertz CT molecular complexity index is 1940. The van der Waals surface area contributed by atoms with Crippen LogP contribution in [0.25, 0.3) is 33.2 Å². The van der Waals surface area contributed by atoms with Gasteiger partial charge in [-0.15, -0.1) is 0 Å². The van der Waals surface area contributed by atoms with Crippen molar-refractivity contribution in [1.29, 1.82) is 0 Å². The second-order valence-electron chi connectivity index (χ2n) is 10.2. The normalized spacial score (nSPS) is 13.2. The van der Waals surface area contributed by atoms with Crippen LogP contribution in [0.5, 0.6) is 0 Å². The minimum atomic E-state index is -0.187. The average Bonchev–Trinajstić information content (AvgIpc) is 3.70. The van der Waals surface area contributed by atoms with Crippen molar-refractivity contribution in [2.75, 3.05) is 5.73 Å². The Balaban J connectivity index is 1.18. The Morgan fingerprint density at radius 1 is 1.00 bits per heavy atom. The molecule has 7 rings (SSSR count). The number of nitrogens with one attached hydrogen (secondary N) is 2. The second-order valence-corrected chi connectivity index (χ2v) is 10.2. The van der Waals surface area contributed by atoms with Crippen LogP contribution in [0, 0.1) is 13.8 Å². The van der Waals surface area contributed by atoms with Crippen LogP contribution in [0.3, 0.4) is 0 Å². The maximum atomic E-state index is 13.5. The van der Waals surface area contributed by atoms with Crippen molar-refractivity contribution in [2.45, 2.75) is 33.7 Å². The molecule has 0 atom stereocenters. The highest BCUT2D eigenvalue weighted by molar-refractivity contribution is 6.12. The van der Waals surface area contributed by atoms with E-state index in [1.165, 1.54) is 34.3 Å². The van der Waals surface area contributed by atoms with Crippen molar-refractivity contribution in [3.05, 3.63) is 100 Å². The SMILES string of the molecule is CC1=C(Cc2ccc3cc(C(=O)c4cnn(-c5ccc6nc(C)[nH]c6c5)c4N)[nH]c3c2)c2ccc(C)n2C1. The average molecular weight is 502 g/mol. The highest BCUT2D eigenvalue weighted by atomic mass is 16.1. The third kappa shape index (κ3) is 3.41. The largest absolute Gasteiger partial charge is 0.383 e. The second kappa shape index (κ2) is 8.08. The zero-order valence-corrected chi connectivity index (χ0v) is 21.5. The van der Waals surface area contributed by atoms with Crippen molar-refractivity contribution in [3.63, 3.8) is 0 Å². The van der Waals surface area contributed by atoms with Gasteiger partial charge in [-0.25, -0.2) is 9.67 Å². The molecule has 5 heterocycles. The lowest BCUT2D eigenvalue weighted by atomic mass is 9.99. The Kier molecular flexibility index (Phi) is 4.75. The number of carbonyl (C=O) groups is 1. The molecule has 4 N–H and O–H groups in total. The van der Waals surface area contributed by atoms with E-state index in [4.69, 9.17) is 5.73 Å².